The second-order valence-electron chi connectivity index (χ2n) is 6.70. The van der Waals surface area contributed by atoms with E-state index in [0.717, 1.165) is 12.8 Å². The van der Waals surface area contributed by atoms with E-state index in [1.807, 2.05) is 20.8 Å². The molecule has 0 saturated heterocycles. The Hall–Kier alpha value is -0.730. The standard InChI is InChI=1S/C8H14O.C6H11FO/c1-8(2,3)7(9)6-4-5-6;1-6(2,3)5(8)4-7/h6H,4-5H2,1-3H3;4H2,1-3H3. The fraction of sp³-hybridized carbons (Fsp3) is 0.857. The predicted molar refractivity (Wildman–Crippen MR) is 67.6 cm³/mol. The summed E-state index contributed by atoms with van der Waals surface area (Å²) in [6, 6.07) is 0. The molecule has 0 aromatic carbocycles. The van der Waals surface area contributed by atoms with Crippen molar-refractivity contribution in [2.24, 2.45) is 16.7 Å². The van der Waals surface area contributed by atoms with E-state index in [9.17, 15) is 14.0 Å². The summed E-state index contributed by atoms with van der Waals surface area (Å²) in [4.78, 5) is 21.7. The summed E-state index contributed by atoms with van der Waals surface area (Å²) in [5, 5.41) is 0. The molecule has 0 N–H and O–H groups in total. The van der Waals surface area contributed by atoms with Crippen molar-refractivity contribution in [3.63, 3.8) is 0 Å². The fourth-order valence-corrected chi connectivity index (χ4v) is 1.16. The first-order chi connectivity index (χ1) is 7.50. The van der Waals surface area contributed by atoms with Gasteiger partial charge in [0.1, 0.15) is 12.5 Å². The zero-order valence-electron chi connectivity index (χ0n) is 11.9. The molecule has 0 radical (unpaired) electrons. The minimum absolute atomic E-state index is 0.0961. The Morgan fingerprint density at radius 2 is 1.41 bits per heavy atom. The number of alkyl halides is 1. The van der Waals surface area contributed by atoms with Gasteiger partial charge in [-0.15, -0.1) is 0 Å². The fourth-order valence-electron chi connectivity index (χ4n) is 1.16. The molecule has 0 atom stereocenters. The topological polar surface area (TPSA) is 34.1 Å². The summed E-state index contributed by atoms with van der Waals surface area (Å²) in [6.07, 6.45) is 2.27. The van der Waals surface area contributed by atoms with Crippen molar-refractivity contribution in [3.05, 3.63) is 0 Å². The minimum atomic E-state index is -0.844. The molecule has 0 unspecified atom stereocenters. The molecule has 0 amide bonds. The Bertz CT molecular complexity index is 278. The molecular weight excluding hydrogens is 219 g/mol. The first-order valence-corrected chi connectivity index (χ1v) is 6.13. The van der Waals surface area contributed by atoms with Crippen LogP contribution in [0.15, 0.2) is 0 Å². The minimum Gasteiger partial charge on any atom is -0.299 e. The summed E-state index contributed by atoms with van der Waals surface area (Å²) >= 11 is 0. The predicted octanol–water partition coefficient (Wildman–Crippen LogP) is 3.58. The summed E-state index contributed by atoms with van der Waals surface area (Å²) in [6.45, 7) is 10.2. The molecule has 0 heterocycles. The van der Waals surface area contributed by atoms with E-state index in [-0.39, 0.29) is 11.2 Å². The molecule has 1 fully saturated rings. The van der Waals surface area contributed by atoms with Crippen LogP contribution in [0.3, 0.4) is 0 Å². The molecule has 1 saturated carbocycles. The molecule has 100 valence electrons. The van der Waals surface area contributed by atoms with Gasteiger partial charge in [-0.05, 0) is 12.8 Å². The average Bonchev–Trinajstić information content (AvgIpc) is 2.96. The maximum absolute atomic E-state index is 11.5. The highest BCUT2D eigenvalue weighted by Gasteiger charge is 2.36. The second kappa shape index (κ2) is 5.74. The van der Waals surface area contributed by atoms with Crippen molar-refractivity contribution in [1.82, 2.24) is 0 Å². The van der Waals surface area contributed by atoms with Crippen LogP contribution in [0, 0.1) is 16.7 Å². The van der Waals surface area contributed by atoms with E-state index in [1.165, 1.54) is 0 Å². The Kier molecular flexibility index (Phi) is 5.50. The Morgan fingerprint density at radius 3 is 1.47 bits per heavy atom. The number of hydrogen-bond acceptors (Lipinski definition) is 2. The molecule has 17 heavy (non-hydrogen) atoms. The highest BCUT2D eigenvalue weighted by atomic mass is 19.1. The van der Waals surface area contributed by atoms with Gasteiger partial charge in [-0.1, -0.05) is 41.5 Å². The van der Waals surface area contributed by atoms with Crippen LogP contribution < -0.4 is 0 Å². The number of hydrogen-bond donors (Lipinski definition) is 0. The Labute approximate surface area is 104 Å². The molecule has 1 aliphatic carbocycles. The lowest BCUT2D eigenvalue weighted by molar-refractivity contribution is -0.128. The number of carbonyl (C=O) groups excluding carboxylic acids is 2. The normalized spacial score (nSPS) is 15.9. The van der Waals surface area contributed by atoms with E-state index in [0.29, 0.717) is 11.7 Å². The number of ketones is 2. The van der Waals surface area contributed by atoms with Gasteiger partial charge in [-0.25, -0.2) is 4.39 Å². The van der Waals surface area contributed by atoms with E-state index < -0.39 is 12.1 Å². The highest BCUT2D eigenvalue weighted by Crippen LogP contribution is 2.36. The van der Waals surface area contributed by atoms with Crippen LogP contribution in [0.25, 0.3) is 0 Å². The van der Waals surface area contributed by atoms with E-state index in [1.54, 1.807) is 20.8 Å². The van der Waals surface area contributed by atoms with Gasteiger partial charge in [0.25, 0.3) is 0 Å². The van der Waals surface area contributed by atoms with Crippen LogP contribution in [0.5, 0.6) is 0 Å². The van der Waals surface area contributed by atoms with Crippen molar-refractivity contribution < 1.29 is 14.0 Å². The monoisotopic (exact) mass is 244 g/mol. The van der Waals surface area contributed by atoms with Gasteiger partial charge < -0.3 is 0 Å². The lowest BCUT2D eigenvalue weighted by atomic mass is 9.88. The largest absolute Gasteiger partial charge is 0.299 e. The maximum atomic E-state index is 11.5. The molecule has 1 aliphatic rings. The van der Waals surface area contributed by atoms with Crippen molar-refractivity contribution >= 4 is 11.6 Å². The molecule has 0 aromatic rings. The van der Waals surface area contributed by atoms with E-state index >= 15 is 0 Å². The average molecular weight is 244 g/mol. The number of Topliss-reactive ketones (excluding diaryl/α,β-unsaturated/α-hetero) is 2. The zero-order valence-corrected chi connectivity index (χ0v) is 11.9. The van der Waals surface area contributed by atoms with Gasteiger partial charge in [-0.3, -0.25) is 9.59 Å². The zero-order chi connectivity index (χ0) is 13.9. The third kappa shape index (κ3) is 6.54. The third-order valence-electron chi connectivity index (χ3n) is 2.65. The Balaban J connectivity index is 0.000000304. The number of halogens is 1. The van der Waals surface area contributed by atoms with Crippen molar-refractivity contribution in [3.8, 4) is 0 Å². The summed E-state index contributed by atoms with van der Waals surface area (Å²) in [5.41, 5.74) is -0.601. The smallest absolute Gasteiger partial charge is 0.169 e. The van der Waals surface area contributed by atoms with E-state index in [2.05, 4.69) is 0 Å². The molecular formula is C14H25FO2. The third-order valence-corrected chi connectivity index (χ3v) is 2.65. The van der Waals surface area contributed by atoms with Crippen LogP contribution in [0.2, 0.25) is 0 Å². The molecule has 1 rings (SSSR count). The van der Waals surface area contributed by atoms with Gasteiger partial charge in [0.15, 0.2) is 5.78 Å². The summed E-state index contributed by atoms with van der Waals surface area (Å²) < 4.78 is 11.5. The van der Waals surface area contributed by atoms with Gasteiger partial charge in [0, 0.05) is 16.7 Å². The molecule has 3 heteroatoms. The quantitative estimate of drug-likeness (QED) is 0.744. The summed E-state index contributed by atoms with van der Waals surface area (Å²) in [5.74, 6) is 0.532. The molecule has 0 bridgehead atoms. The van der Waals surface area contributed by atoms with Crippen LogP contribution in [-0.2, 0) is 9.59 Å². The van der Waals surface area contributed by atoms with Crippen molar-refractivity contribution in [1.29, 1.82) is 0 Å². The van der Waals surface area contributed by atoms with Crippen LogP contribution in [-0.4, -0.2) is 18.2 Å². The lowest BCUT2D eigenvalue weighted by Gasteiger charge is -2.15. The first kappa shape index (κ1) is 16.3. The van der Waals surface area contributed by atoms with Crippen LogP contribution in [0.4, 0.5) is 4.39 Å². The molecule has 0 spiro atoms. The van der Waals surface area contributed by atoms with Gasteiger partial charge in [0.2, 0.25) is 0 Å². The first-order valence-electron chi connectivity index (χ1n) is 6.13. The van der Waals surface area contributed by atoms with Gasteiger partial charge >= 0.3 is 0 Å². The van der Waals surface area contributed by atoms with Crippen LogP contribution >= 0.6 is 0 Å². The van der Waals surface area contributed by atoms with Crippen LogP contribution in [0.1, 0.15) is 54.4 Å². The number of carbonyl (C=O) groups is 2. The number of rotatable bonds is 2. The Morgan fingerprint density at radius 1 is 1.00 bits per heavy atom. The summed E-state index contributed by atoms with van der Waals surface area (Å²) in [7, 11) is 0. The van der Waals surface area contributed by atoms with Gasteiger partial charge in [0.05, 0.1) is 0 Å². The molecule has 2 nitrogen and oxygen atoms in total. The van der Waals surface area contributed by atoms with Crippen molar-refractivity contribution in [2.75, 3.05) is 6.67 Å². The second-order valence-corrected chi connectivity index (χ2v) is 6.70. The molecule has 0 aromatic heterocycles. The maximum Gasteiger partial charge on any atom is 0.169 e. The van der Waals surface area contributed by atoms with E-state index in [4.69, 9.17) is 0 Å². The SMILES string of the molecule is CC(C)(C)C(=O)C1CC1.CC(C)(C)C(=O)CF. The highest BCUT2D eigenvalue weighted by molar-refractivity contribution is 5.87. The molecule has 0 aliphatic heterocycles. The van der Waals surface area contributed by atoms with Crippen molar-refractivity contribution in [2.45, 2.75) is 54.4 Å². The lowest BCUT2D eigenvalue weighted by Crippen LogP contribution is -2.21. The van der Waals surface area contributed by atoms with Gasteiger partial charge in [-0.2, -0.15) is 0 Å².